The summed E-state index contributed by atoms with van der Waals surface area (Å²) in [6.45, 7) is 1.54. The minimum Gasteiger partial charge on any atom is -0.338 e. The van der Waals surface area contributed by atoms with Crippen molar-refractivity contribution < 1.29 is 9.72 Å². The molecule has 0 radical (unpaired) electrons. The fraction of sp³-hybridized carbons (Fsp3) is 0.533. The van der Waals surface area contributed by atoms with Crippen LogP contribution in [0.5, 0.6) is 0 Å². The molecule has 0 bridgehead atoms. The molecule has 1 amide bonds. The Hall–Kier alpha value is -1.95. The van der Waals surface area contributed by atoms with Crippen LogP contribution in [0.3, 0.4) is 0 Å². The summed E-state index contributed by atoms with van der Waals surface area (Å²) in [7, 11) is 0. The van der Waals surface area contributed by atoms with Crippen LogP contribution in [0.4, 0.5) is 5.69 Å². The molecular weight excluding hydrogens is 270 g/mol. The van der Waals surface area contributed by atoms with Crippen LogP contribution in [0.25, 0.3) is 0 Å². The Kier molecular flexibility index (Phi) is 3.63. The van der Waals surface area contributed by atoms with E-state index in [0.717, 1.165) is 32.4 Å². The Balaban J connectivity index is 1.70. The maximum absolute atomic E-state index is 12.5. The average Bonchev–Trinajstić information content (AvgIpc) is 2.89. The van der Waals surface area contributed by atoms with Gasteiger partial charge in [-0.1, -0.05) is 0 Å². The van der Waals surface area contributed by atoms with E-state index < -0.39 is 4.92 Å². The van der Waals surface area contributed by atoms with Crippen LogP contribution >= 0.6 is 0 Å². The molecule has 2 fully saturated rings. The molecule has 1 aromatic carbocycles. The SMILES string of the molecule is NC1CC[C@@H]2CN(C(=O)c3ccc([N+](=O)[O-])cc3)C[C@@H]2C1. The van der Waals surface area contributed by atoms with Crippen molar-refractivity contribution in [2.24, 2.45) is 17.6 Å². The van der Waals surface area contributed by atoms with Gasteiger partial charge in [0.2, 0.25) is 0 Å². The first kappa shape index (κ1) is 14.0. The van der Waals surface area contributed by atoms with Crippen LogP contribution in [0, 0.1) is 22.0 Å². The average molecular weight is 289 g/mol. The highest BCUT2D eigenvalue weighted by Gasteiger charge is 2.38. The molecule has 1 saturated heterocycles. The zero-order valence-electron chi connectivity index (χ0n) is 11.8. The molecule has 1 heterocycles. The number of carbonyl (C=O) groups is 1. The summed E-state index contributed by atoms with van der Waals surface area (Å²) in [5.41, 5.74) is 6.53. The van der Waals surface area contributed by atoms with E-state index in [0.29, 0.717) is 17.4 Å². The fourth-order valence-corrected chi connectivity index (χ4v) is 3.54. The first-order valence-corrected chi connectivity index (χ1v) is 7.34. The lowest BCUT2D eigenvalue weighted by molar-refractivity contribution is -0.384. The number of nitrogens with two attached hydrogens (primary N) is 1. The normalized spacial score (nSPS) is 28.2. The smallest absolute Gasteiger partial charge is 0.269 e. The predicted molar refractivity (Wildman–Crippen MR) is 77.8 cm³/mol. The van der Waals surface area contributed by atoms with Crippen LogP contribution in [-0.4, -0.2) is 34.9 Å². The highest BCUT2D eigenvalue weighted by Crippen LogP contribution is 2.36. The summed E-state index contributed by atoms with van der Waals surface area (Å²) in [5.74, 6) is 1.04. The molecule has 3 atom stereocenters. The molecule has 2 N–H and O–H groups in total. The van der Waals surface area contributed by atoms with E-state index in [4.69, 9.17) is 5.73 Å². The summed E-state index contributed by atoms with van der Waals surface area (Å²) in [6, 6.07) is 6.10. The van der Waals surface area contributed by atoms with E-state index in [2.05, 4.69) is 0 Å². The lowest BCUT2D eigenvalue weighted by Crippen LogP contribution is -2.32. The third-order valence-electron chi connectivity index (χ3n) is 4.70. The number of nitro groups is 1. The van der Waals surface area contributed by atoms with Gasteiger partial charge in [-0.05, 0) is 43.2 Å². The minimum atomic E-state index is -0.458. The molecule has 112 valence electrons. The summed E-state index contributed by atoms with van der Waals surface area (Å²) in [5, 5.41) is 10.6. The van der Waals surface area contributed by atoms with Gasteiger partial charge in [-0.2, -0.15) is 0 Å². The summed E-state index contributed by atoms with van der Waals surface area (Å²) in [4.78, 5) is 24.5. The third-order valence-corrected chi connectivity index (χ3v) is 4.70. The van der Waals surface area contributed by atoms with E-state index in [1.807, 2.05) is 4.90 Å². The third kappa shape index (κ3) is 2.76. The molecule has 2 aliphatic rings. The monoisotopic (exact) mass is 289 g/mol. The molecule has 1 saturated carbocycles. The summed E-state index contributed by atoms with van der Waals surface area (Å²) < 4.78 is 0. The van der Waals surface area contributed by atoms with E-state index in [1.165, 1.54) is 24.3 Å². The van der Waals surface area contributed by atoms with Crippen molar-refractivity contribution in [3.8, 4) is 0 Å². The van der Waals surface area contributed by atoms with E-state index in [9.17, 15) is 14.9 Å². The molecule has 1 aromatic rings. The van der Waals surface area contributed by atoms with Crippen molar-refractivity contribution in [3.63, 3.8) is 0 Å². The maximum Gasteiger partial charge on any atom is 0.269 e. The van der Waals surface area contributed by atoms with Crippen molar-refractivity contribution in [2.45, 2.75) is 25.3 Å². The van der Waals surface area contributed by atoms with Crippen LogP contribution < -0.4 is 5.73 Å². The molecule has 3 rings (SSSR count). The largest absolute Gasteiger partial charge is 0.338 e. The van der Waals surface area contributed by atoms with Crippen molar-refractivity contribution in [3.05, 3.63) is 39.9 Å². The second-order valence-corrected chi connectivity index (χ2v) is 6.11. The summed E-state index contributed by atoms with van der Waals surface area (Å²) >= 11 is 0. The molecule has 21 heavy (non-hydrogen) atoms. The number of nitrogens with zero attached hydrogens (tertiary/aromatic N) is 2. The molecular formula is C15H19N3O3. The van der Waals surface area contributed by atoms with E-state index in [-0.39, 0.29) is 17.6 Å². The minimum absolute atomic E-state index is 0.00705. The van der Waals surface area contributed by atoms with Gasteiger partial charge in [-0.25, -0.2) is 0 Å². The Morgan fingerprint density at radius 3 is 2.52 bits per heavy atom. The number of non-ortho nitro benzene ring substituents is 1. The molecule has 1 aliphatic carbocycles. The van der Waals surface area contributed by atoms with Gasteiger partial charge in [0.25, 0.3) is 11.6 Å². The van der Waals surface area contributed by atoms with E-state index >= 15 is 0 Å². The van der Waals surface area contributed by atoms with Crippen LogP contribution in [0.15, 0.2) is 24.3 Å². The van der Waals surface area contributed by atoms with Gasteiger partial charge in [-0.15, -0.1) is 0 Å². The van der Waals surface area contributed by atoms with Gasteiger partial charge in [0.05, 0.1) is 4.92 Å². The standard InChI is InChI=1S/C15H19N3O3/c16-13-4-1-11-8-17(9-12(11)7-13)15(19)10-2-5-14(6-3-10)18(20)21/h2-3,5-6,11-13H,1,4,7-9,16H2/t11-,12+,13?/m1/s1. The van der Waals surface area contributed by atoms with Crippen molar-refractivity contribution in [1.29, 1.82) is 0 Å². The van der Waals surface area contributed by atoms with Gasteiger partial charge < -0.3 is 10.6 Å². The van der Waals surface area contributed by atoms with Gasteiger partial charge in [0, 0.05) is 36.8 Å². The zero-order chi connectivity index (χ0) is 15.0. The lowest BCUT2D eigenvalue weighted by Gasteiger charge is -2.27. The Bertz CT molecular complexity index is 558. The van der Waals surface area contributed by atoms with Gasteiger partial charge in [0.1, 0.15) is 0 Å². The van der Waals surface area contributed by atoms with Crippen LogP contribution in [-0.2, 0) is 0 Å². The number of amides is 1. The van der Waals surface area contributed by atoms with Gasteiger partial charge in [-0.3, -0.25) is 14.9 Å². The number of benzene rings is 1. The highest BCUT2D eigenvalue weighted by molar-refractivity contribution is 5.94. The number of rotatable bonds is 2. The fourth-order valence-electron chi connectivity index (χ4n) is 3.54. The van der Waals surface area contributed by atoms with Crippen molar-refractivity contribution in [2.75, 3.05) is 13.1 Å². The second-order valence-electron chi connectivity index (χ2n) is 6.11. The number of hydrogen-bond donors (Lipinski definition) is 1. The highest BCUT2D eigenvalue weighted by atomic mass is 16.6. The van der Waals surface area contributed by atoms with Crippen LogP contribution in [0.1, 0.15) is 29.6 Å². The molecule has 6 heteroatoms. The Labute approximate surface area is 123 Å². The van der Waals surface area contributed by atoms with E-state index in [1.54, 1.807) is 0 Å². The first-order valence-electron chi connectivity index (χ1n) is 7.34. The predicted octanol–water partition coefficient (Wildman–Crippen LogP) is 1.79. The topological polar surface area (TPSA) is 89.5 Å². The first-order chi connectivity index (χ1) is 10.0. The molecule has 1 unspecified atom stereocenters. The lowest BCUT2D eigenvalue weighted by atomic mass is 9.79. The van der Waals surface area contributed by atoms with Crippen molar-refractivity contribution in [1.82, 2.24) is 4.90 Å². The zero-order valence-corrected chi connectivity index (χ0v) is 11.8. The van der Waals surface area contributed by atoms with Crippen molar-refractivity contribution >= 4 is 11.6 Å². The summed E-state index contributed by atoms with van der Waals surface area (Å²) in [6.07, 6.45) is 3.13. The Morgan fingerprint density at radius 1 is 1.19 bits per heavy atom. The second kappa shape index (κ2) is 5.44. The van der Waals surface area contributed by atoms with Crippen LogP contribution in [0.2, 0.25) is 0 Å². The maximum atomic E-state index is 12.5. The number of hydrogen-bond acceptors (Lipinski definition) is 4. The number of carbonyl (C=O) groups excluding carboxylic acids is 1. The number of fused-ring (bicyclic) bond motifs is 1. The van der Waals surface area contributed by atoms with Gasteiger partial charge >= 0.3 is 0 Å². The van der Waals surface area contributed by atoms with Gasteiger partial charge in [0.15, 0.2) is 0 Å². The quantitative estimate of drug-likeness (QED) is 0.664. The number of nitro benzene ring substituents is 1. The molecule has 1 aliphatic heterocycles. The molecule has 6 nitrogen and oxygen atoms in total. The Morgan fingerprint density at radius 2 is 1.86 bits per heavy atom. The molecule has 0 spiro atoms. The molecule has 0 aromatic heterocycles. The number of likely N-dealkylation sites (tertiary alicyclic amines) is 1.